The minimum absolute atomic E-state index is 0.122. The second kappa shape index (κ2) is 7.24. The predicted molar refractivity (Wildman–Crippen MR) is 80.1 cm³/mol. The minimum atomic E-state index is -0.871. The molecule has 0 radical (unpaired) electrons. The number of ether oxygens (including phenoxy) is 2. The summed E-state index contributed by atoms with van der Waals surface area (Å²) in [6, 6.07) is 3.52. The van der Waals surface area contributed by atoms with Crippen LogP contribution in [0.4, 0.5) is 4.39 Å². The van der Waals surface area contributed by atoms with Crippen molar-refractivity contribution in [3.05, 3.63) is 29.6 Å². The zero-order valence-electron chi connectivity index (χ0n) is 13.5. The van der Waals surface area contributed by atoms with Crippen LogP contribution in [0, 0.1) is 11.2 Å². The predicted octanol–water partition coefficient (Wildman–Crippen LogP) is 2.08. The first-order valence-corrected chi connectivity index (χ1v) is 6.90. The Morgan fingerprint density at radius 3 is 2.36 bits per heavy atom. The van der Waals surface area contributed by atoms with Crippen LogP contribution in [0.1, 0.15) is 26.3 Å². The summed E-state index contributed by atoms with van der Waals surface area (Å²) in [7, 11) is 2.62. The number of hydrogen-bond donors (Lipinski definition) is 1. The van der Waals surface area contributed by atoms with E-state index >= 15 is 0 Å². The maximum absolute atomic E-state index is 13.7. The highest BCUT2D eigenvalue weighted by atomic mass is 19.1. The van der Waals surface area contributed by atoms with Gasteiger partial charge in [-0.1, -0.05) is 26.8 Å². The van der Waals surface area contributed by atoms with Gasteiger partial charge in [-0.05, 0) is 17.7 Å². The van der Waals surface area contributed by atoms with E-state index in [1.807, 2.05) is 0 Å². The van der Waals surface area contributed by atoms with Crippen molar-refractivity contribution in [2.75, 3.05) is 14.2 Å². The van der Waals surface area contributed by atoms with E-state index in [-0.39, 0.29) is 18.1 Å². The van der Waals surface area contributed by atoms with Gasteiger partial charge in [-0.3, -0.25) is 4.79 Å². The summed E-state index contributed by atoms with van der Waals surface area (Å²) >= 11 is 0. The molecule has 1 aromatic rings. The van der Waals surface area contributed by atoms with Crippen molar-refractivity contribution >= 4 is 11.9 Å². The van der Waals surface area contributed by atoms with Crippen LogP contribution in [-0.2, 0) is 20.7 Å². The van der Waals surface area contributed by atoms with E-state index < -0.39 is 23.2 Å². The second-order valence-electron chi connectivity index (χ2n) is 5.97. The third-order valence-corrected chi connectivity index (χ3v) is 3.13. The molecule has 1 atom stereocenters. The van der Waals surface area contributed by atoms with Crippen molar-refractivity contribution in [3.8, 4) is 5.75 Å². The Kier molecular flexibility index (Phi) is 5.91. The van der Waals surface area contributed by atoms with Crippen LogP contribution in [0.3, 0.4) is 0 Å². The molecule has 0 heterocycles. The monoisotopic (exact) mass is 311 g/mol. The summed E-state index contributed by atoms with van der Waals surface area (Å²) < 4.78 is 23.3. The zero-order valence-corrected chi connectivity index (χ0v) is 13.5. The quantitative estimate of drug-likeness (QED) is 0.846. The van der Waals surface area contributed by atoms with E-state index in [1.165, 1.54) is 26.4 Å². The number of nitrogens with one attached hydrogen (secondary N) is 1. The fraction of sp³-hybridized carbons (Fsp3) is 0.500. The molecule has 22 heavy (non-hydrogen) atoms. The lowest BCUT2D eigenvalue weighted by molar-refractivity contribution is -0.146. The van der Waals surface area contributed by atoms with Gasteiger partial charge < -0.3 is 14.8 Å². The van der Waals surface area contributed by atoms with E-state index in [2.05, 4.69) is 5.32 Å². The number of carbonyl (C=O) groups is 2. The molecule has 0 saturated carbocycles. The van der Waals surface area contributed by atoms with Gasteiger partial charge in [0.2, 0.25) is 5.91 Å². The maximum Gasteiger partial charge on any atom is 0.328 e. The van der Waals surface area contributed by atoms with E-state index in [0.29, 0.717) is 5.56 Å². The van der Waals surface area contributed by atoms with Crippen molar-refractivity contribution in [1.82, 2.24) is 5.32 Å². The van der Waals surface area contributed by atoms with Gasteiger partial charge in [0.05, 0.1) is 14.2 Å². The molecule has 0 aromatic heterocycles. The van der Waals surface area contributed by atoms with E-state index in [0.717, 1.165) is 0 Å². The molecule has 0 saturated heterocycles. The number of benzene rings is 1. The first-order valence-electron chi connectivity index (χ1n) is 6.90. The molecule has 0 aliphatic rings. The molecule has 0 spiro atoms. The molecule has 0 aliphatic carbocycles. The normalized spacial score (nSPS) is 12.5. The average molecular weight is 311 g/mol. The summed E-state index contributed by atoms with van der Waals surface area (Å²) in [6.07, 6.45) is 0.134. The lowest BCUT2D eigenvalue weighted by atomic mass is 9.94. The molecule has 0 fully saturated rings. The molecule has 122 valence electrons. The third kappa shape index (κ3) is 4.72. The lowest BCUT2D eigenvalue weighted by Crippen LogP contribution is -2.47. The van der Waals surface area contributed by atoms with Crippen LogP contribution in [0.5, 0.6) is 5.75 Å². The molecule has 0 unspecified atom stereocenters. The van der Waals surface area contributed by atoms with Crippen LogP contribution in [-0.4, -0.2) is 32.1 Å². The van der Waals surface area contributed by atoms with Gasteiger partial charge in [0.15, 0.2) is 11.6 Å². The molecule has 1 amide bonds. The van der Waals surface area contributed by atoms with Gasteiger partial charge in [-0.25, -0.2) is 9.18 Å². The van der Waals surface area contributed by atoms with E-state index in [9.17, 15) is 14.0 Å². The molecule has 0 aliphatic heterocycles. The summed E-state index contributed by atoms with van der Waals surface area (Å²) in [4.78, 5) is 23.9. The first-order chi connectivity index (χ1) is 10.2. The molecule has 1 rings (SSSR count). The zero-order chi connectivity index (χ0) is 16.9. The summed E-state index contributed by atoms with van der Waals surface area (Å²) in [5.41, 5.74) is -0.0832. The fourth-order valence-corrected chi connectivity index (χ4v) is 1.78. The lowest BCUT2D eigenvalue weighted by Gasteiger charge is -2.23. The third-order valence-electron chi connectivity index (χ3n) is 3.13. The average Bonchev–Trinajstić information content (AvgIpc) is 2.44. The van der Waals surface area contributed by atoms with E-state index in [1.54, 1.807) is 26.8 Å². The first kappa shape index (κ1) is 17.9. The van der Waals surface area contributed by atoms with Crippen LogP contribution in [0.15, 0.2) is 18.2 Å². The number of carbonyl (C=O) groups excluding carboxylic acids is 2. The highest BCUT2D eigenvalue weighted by Crippen LogP contribution is 2.19. The van der Waals surface area contributed by atoms with Crippen molar-refractivity contribution in [3.63, 3.8) is 0 Å². The molecule has 1 N–H and O–H groups in total. The van der Waals surface area contributed by atoms with Gasteiger partial charge >= 0.3 is 5.97 Å². The van der Waals surface area contributed by atoms with Crippen LogP contribution in [0.25, 0.3) is 0 Å². The van der Waals surface area contributed by atoms with E-state index in [4.69, 9.17) is 9.47 Å². The molecule has 1 aromatic carbocycles. The van der Waals surface area contributed by atoms with Crippen molar-refractivity contribution < 1.29 is 23.5 Å². The number of hydrogen-bond acceptors (Lipinski definition) is 4. The van der Waals surface area contributed by atoms with Crippen molar-refractivity contribution in [2.45, 2.75) is 33.2 Å². The Hall–Kier alpha value is -2.11. The molecule has 6 heteroatoms. The Labute approximate surface area is 129 Å². The van der Waals surface area contributed by atoms with Crippen molar-refractivity contribution in [2.24, 2.45) is 5.41 Å². The molecule has 5 nitrogen and oxygen atoms in total. The summed E-state index contributed by atoms with van der Waals surface area (Å²) in [5, 5.41) is 2.64. The largest absolute Gasteiger partial charge is 0.494 e. The standard InChI is InChI=1S/C16H22FNO4/c1-16(2,3)15(20)18-12(14(19)22-5)9-10-6-7-13(21-4)11(17)8-10/h6-8,12H,9H2,1-5H3,(H,18,20)/t12-/m1/s1. The topological polar surface area (TPSA) is 64.6 Å². The Morgan fingerprint density at radius 1 is 1.27 bits per heavy atom. The highest BCUT2D eigenvalue weighted by Gasteiger charge is 2.28. The number of methoxy groups -OCH3 is 2. The number of rotatable bonds is 5. The maximum atomic E-state index is 13.7. The van der Waals surface area contributed by atoms with Crippen LogP contribution >= 0.6 is 0 Å². The number of halogens is 1. The number of amides is 1. The van der Waals surface area contributed by atoms with Gasteiger partial charge in [-0.15, -0.1) is 0 Å². The van der Waals surface area contributed by atoms with Gasteiger partial charge in [0.1, 0.15) is 6.04 Å². The van der Waals surface area contributed by atoms with Gasteiger partial charge in [0.25, 0.3) is 0 Å². The Bertz CT molecular complexity index is 552. The fourth-order valence-electron chi connectivity index (χ4n) is 1.78. The summed E-state index contributed by atoms with van der Waals surface area (Å²) in [6.45, 7) is 5.22. The molecular weight excluding hydrogens is 289 g/mol. The SMILES string of the molecule is COC(=O)[C@@H](Cc1ccc(OC)c(F)c1)NC(=O)C(C)(C)C. The van der Waals surface area contributed by atoms with Crippen LogP contribution in [0.2, 0.25) is 0 Å². The Morgan fingerprint density at radius 2 is 1.91 bits per heavy atom. The Balaban J connectivity index is 2.92. The van der Waals surface area contributed by atoms with Gasteiger partial charge in [-0.2, -0.15) is 0 Å². The molecular formula is C16H22FNO4. The summed E-state index contributed by atoms with van der Waals surface area (Å²) in [5.74, 6) is -1.26. The van der Waals surface area contributed by atoms with Gasteiger partial charge in [0, 0.05) is 11.8 Å². The second-order valence-corrected chi connectivity index (χ2v) is 5.97. The minimum Gasteiger partial charge on any atom is -0.494 e. The number of esters is 1. The van der Waals surface area contributed by atoms with Crippen molar-refractivity contribution in [1.29, 1.82) is 0 Å². The van der Waals surface area contributed by atoms with Crippen LogP contribution < -0.4 is 10.1 Å². The molecule has 0 bridgehead atoms. The smallest absolute Gasteiger partial charge is 0.328 e. The highest BCUT2D eigenvalue weighted by molar-refractivity contribution is 5.87.